The van der Waals surface area contributed by atoms with Crippen molar-refractivity contribution in [3.05, 3.63) is 26.6 Å². The molecule has 0 atom stereocenters. The molecule has 0 bridgehead atoms. The van der Waals surface area contributed by atoms with E-state index in [1.165, 1.54) is 13.2 Å². The van der Waals surface area contributed by atoms with Gasteiger partial charge in [-0.2, -0.15) is 0 Å². The first-order valence-corrected chi connectivity index (χ1v) is 4.12. The van der Waals surface area contributed by atoms with Gasteiger partial charge in [-0.1, -0.05) is 0 Å². The smallest absolute Gasteiger partial charge is 0.269 e. The number of pyridine rings is 1. The summed E-state index contributed by atoms with van der Waals surface area (Å²) >= 11 is 2.99. The van der Waals surface area contributed by atoms with Gasteiger partial charge in [-0.3, -0.25) is 9.59 Å². The van der Waals surface area contributed by atoms with Crippen molar-refractivity contribution >= 4 is 21.8 Å². The standard InChI is InChI=1S/C7H7BrN2O3/c1-13-4-2-3(8)7(12)10-5(4)6(9)11/h2H,1H3,(H2,9,11)(H,10,12). The van der Waals surface area contributed by atoms with Crippen LogP contribution in [0.5, 0.6) is 5.75 Å². The molecule has 1 aromatic rings. The van der Waals surface area contributed by atoms with E-state index in [0.29, 0.717) is 0 Å². The molecule has 1 aromatic heterocycles. The third-order valence-corrected chi connectivity index (χ3v) is 2.02. The Labute approximate surface area is 82.0 Å². The van der Waals surface area contributed by atoms with Crippen molar-refractivity contribution in [3.8, 4) is 5.75 Å². The molecular weight excluding hydrogens is 240 g/mol. The Hall–Kier alpha value is -1.30. The number of ether oxygens (including phenoxy) is 1. The zero-order chi connectivity index (χ0) is 10.0. The molecule has 0 saturated carbocycles. The summed E-state index contributed by atoms with van der Waals surface area (Å²) in [6.45, 7) is 0. The maximum atomic E-state index is 11.0. The second-order valence-electron chi connectivity index (χ2n) is 2.25. The van der Waals surface area contributed by atoms with Crippen molar-refractivity contribution in [3.63, 3.8) is 0 Å². The van der Waals surface area contributed by atoms with Crippen LogP contribution in [-0.4, -0.2) is 18.0 Å². The third kappa shape index (κ3) is 1.89. The molecule has 0 radical (unpaired) electrons. The highest BCUT2D eigenvalue weighted by atomic mass is 79.9. The highest BCUT2D eigenvalue weighted by molar-refractivity contribution is 9.10. The number of primary amides is 1. The van der Waals surface area contributed by atoms with Gasteiger partial charge < -0.3 is 15.5 Å². The van der Waals surface area contributed by atoms with Gasteiger partial charge in [-0.25, -0.2) is 0 Å². The molecule has 70 valence electrons. The molecule has 5 nitrogen and oxygen atoms in total. The average Bonchev–Trinajstić information content (AvgIpc) is 2.08. The quantitative estimate of drug-likeness (QED) is 0.785. The Morgan fingerprint density at radius 1 is 1.69 bits per heavy atom. The second kappa shape index (κ2) is 3.61. The predicted octanol–water partition coefficient (Wildman–Crippen LogP) is 0.245. The van der Waals surface area contributed by atoms with Gasteiger partial charge in [0.15, 0.2) is 0 Å². The summed E-state index contributed by atoms with van der Waals surface area (Å²) in [5.41, 5.74) is 4.55. The number of carbonyl (C=O) groups is 1. The number of methoxy groups -OCH3 is 1. The minimum Gasteiger partial charge on any atom is -0.494 e. The van der Waals surface area contributed by atoms with Gasteiger partial charge >= 0.3 is 0 Å². The van der Waals surface area contributed by atoms with Gasteiger partial charge in [0, 0.05) is 6.07 Å². The van der Waals surface area contributed by atoms with E-state index < -0.39 is 11.5 Å². The topological polar surface area (TPSA) is 85.2 Å². The predicted molar refractivity (Wildman–Crippen MR) is 49.8 cm³/mol. The highest BCUT2D eigenvalue weighted by Crippen LogP contribution is 2.17. The molecule has 0 aliphatic rings. The van der Waals surface area contributed by atoms with Gasteiger partial charge in [-0.05, 0) is 15.9 Å². The van der Waals surface area contributed by atoms with Crippen LogP contribution in [0.3, 0.4) is 0 Å². The second-order valence-corrected chi connectivity index (χ2v) is 3.11. The molecule has 13 heavy (non-hydrogen) atoms. The molecule has 3 N–H and O–H groups in total. The van der Waals surface area contributed by atoms with E-state index in [1.807, 2.05) is 0 Å². The molecule has 0 fully saturated rings. The number of carbonyl (C=O) groups excluding carboxylic acids is 1. The third-order valence-electron chi connectivity index (χ3n) is 1.43. The van der Waals surface area contributed by atoms with Crippen molar-refractivity contribution in [2.24, 2.45) is 5.73 Å². The maximum Gasteiger partial charge on any atom is 0.269 e. The van der Waals surface area contributed by atoms with Gasteiger partial charge in [0.1, 0.15) is 11.4 Å². The Balaban J connectivity index is 3.42. The lowest BCUT2D eigenvalue weighted by atomic mass is 10.3. The van der Waals surface area contributed by atoms with Crippen LogP contribution in [0.1, 0.15) is 10.5 Å². The van der Waals surface area contributed by atoms with E-state index in [9.17, 15) is 9.59 Å². The molecule has 0 unspecified atom stereocenters. The van der Waals surface area contributed by atoms with Gasteiger partial charge in [-0.15, -0.1) is 0 Å². The van der Waals surface area contributed by atoms with E-state index in [1.54, 1.807) is 0 Å². The number of halogens is 1. The fraction of sp³-hybridized carbons (Fsp3) is 0.143. The van der Waals surface area contributed by atoms with E-state index in [0.717, 1.165) is 0 Å². The molecule has 1 heterocycles. The van der Waals surface area contributed by atoms with Crippen molar-refractivity contribution in [1.29, 1.82) is 0 Å². The first kappa shape index (κ1) is 9.79. The van der Waals surface area contributed by atoms with Gasteiger partial charge in [0.25, 0.3) is 11.5 Å². The molecule has 1 rings (SSSR count). The van der Waals surface area contributed by atoms with Gasteiger partial charge in [0.05, 0.1) is 11.6 Å². The lowest BCUT2D eigenvalue weighted by Crippen LogP contribution is -2.20. The SMILES string of the molecule is COc1cc(Br)c(=O)[nH]c1C(N)=O. The fourth-order valence-corrected chi connectivity index (χ4v) is 1.14. The van der Waals surface area contributed by atoms with Crippen LogP contribution in [0.2, 0.25) is 0 Å². The van der Waals surface area contributed by atoms with E-state index in [4.69, 9.17) is 10.5 Å². The molecule has 0 spiro atoms. The fourth-order valence-electron chi connectivity index (χ4n) is 0.832. The Morgan fingerprint density at radius 3 is 2.77 bits per heavy atom. The van der Waals surface area contributed by atoms with Crippen molar-refractivity contribution in [2.45, 2.75) is 0 Å². The molecular formula is C7H7BrN2O3. The lowest BCUT2D eigenvalue weighted by molar-refractivity contribution is 0.0992. The minimum absolute atomic E-state index is 0.0318. The Bertz CT molecular complexity index is 399. The van der Waals surface area contributed by atoms with Crippen LogP contribution in [0, 0.1) is 0 Å². The van der Waals surface area contributed by atoms with Crippen molar-refractivity contribution < 1.29 is 9.53 Å². The summed E-state index contributed by atoms with van der Waals surface area (Å²) < 4.78 is 5.13. The van der Waals surface area contributed by atoms with E-state index >= 15 is 0 Å². The molecule has 0 aromatic carbocycles. The van der Waals surface area contributed by atoms with Crippen LogP contribution in [0.25, 0.3) is 0 Å². The van der Waals surface area contributed by atoms with Gasteiger partial charge in [0.2, 0.25) is 0 Å². The summed E-state index contributed by atoms with van der Waals surface area (Å²) in [6.07, 6.45) is 0. The van der Waals surface area contributed by atoms with Crippen LogP contribution >= 0.6 is 15.9 Å². The number of nitrogens with two attached hydrogens (primary N) is 1. The van der Waals surface area contributed by atoms with Crippen LogP contribution in [-0.2, 0) is 0 Å². The van der Waals surface area contributed by atoms with Crippen molar-refractivity contribution in [2.75, 3.05) is 7.11 Å². The first-order chi connectivity index (χ1) is 6.06. The zero-order valence-corrected chi connectivity index (χ0v) is 8.34. The number of amides is 1. The molecule has 1 amide bonds. The monoisotopic (exact) mass is 246 g/mol. The number of hydrogen-bond donors (Lipinski definition) is 2. The first-order valence-electron chi connectivity index (χ1n) is 3.33. The summed E-state index contributed by atoms with van der Waals surface area (Å²) in [5, 5.41) is 0. The van der Waals surface area contributed by atoms with E-state index in [2.05, 4.69) is 20.9 Å². The number of H-pyrrole nitrogens is 1. The largest absolute Gasteiger partial charge is 0.494 e. The number of aromatic nitrogens is 1. The molecule has 6 heteroatoms. The summed E-state index contributed by atoms with van der Waals surface area (Å²) in [4.78, 5) is 24.1. The number of rotatable bonds is 2. The zero-order valence-electron chi connectivity index (χ0n) is 6.76. The minimum atomic E-state index is -0.735. The van der Waals surface area contributed by atoms with Crippen LogP contribution < -0.4 is 16.0 Å². The molecule has 0 saturated heterocycles. The summed E-state index contributed by atoms with van der Waals surface area (Å²) in [6, 6.07) is 1.39. The summed E-state index contributed by atoms with van der Waals surface area (Å²) in [5.74, 6) is -0.500. The normalized spacial score (nSPS) is 9.69. The number of hydrogen-bond acceptors (Lipinski definition) is 3. The number of aromatic amines is 1. The maximum absolute atomic E-state index is 11.0. The van der Waals surface area contributed by atoms with Crippen molar-refractivity contribution in [1.82, 2.24) is 4.98 Å². The molecule has 0 aliphatic heterocycles. The number of nitrogens with one attached hydrogen (secondary N) is 1. The average molecular weight is 247 g/mol. The van der Waals surface area contributed by atoms with E-state index in [-0.39, 0.29) is 15.9 Å². The molecule has 0 aliphatic carbocycles. The Kier molecular flexibility index (Phi) is 2.72. The van der Waals surface area contributed by atoms with Crippen LogP contribution in [0.4, 0.5) is 0 Å². The van der Waals surface area contributed by atoms with Crippen LogP contribution in [0.15, 0.2) is 15.3 Å². The lowest BCUT2D eigenvalue weighted by Gasteiger charge is -2.04. The Morgan fingerprint density at radius 2 is 2.31 bits per heavy atom. The summed E-state index contributed by atoms with van der Waals surface area (Å²) in [7, 11) is 1.38. The highest BCUT2D eigenvalue weighted by Gasteiger charge is 2.11.